The van der Waals surface area contributed by atoms with Gasteiger partial charge in [-0.15, -0.1) is 11.3 Å². The monoisotopic (exact) mass is 417 g/mol. The van der Waals surface area contributed by atoms with E-state index in [4.69, 9.17) is 9.15 Å². The van der Waals surface area contributed by atoms with Crippen LogP contribution in [0.2, 0.25) is 0 Å². The van der Waals surface area contributed by atoms with Gasteiger partial charge in [-0.05, 0) is 35.7 Å². The Morgan fingerprint density at radius 1 is 1.10 bits per heavy atom. The largest absolute Gasteiger partial charge is 0.462 e. The Hall–Kier alpha value is -2.07. The number of nitrogens with zero attached hydrogens (tertiary/aromatic N) is 1. The molecule has 1 fully saturated rings. The predicted octanol–water partition coefficient (Wildman–Crippen LogP) is 1.82. The summed E-state index contributed by atoms with van der Waals surface area (Å²) in [5.74, 6) is 0.730. The number of rotatable bonds is 5. The van der Waals surface area contributed by atoms with E-state index in [1.54, 1.807) is 17.6 Å². The molecule has 29 heavy (non-hydrogen) atoms. The molecule has 0 bridgehead atoms. The Labute approximate surface area is 171 Å². The second-order valence-electron chi connectivity index (χ2n) is 7.22. The van der Waals surface area contributed by atoms with E-state index in [2.05, 4.69) is 4.98 Å². The third-order valence-electron chi connectivity index (χ3n) is 5.24. The minimum absolute atomic E-state index is 0.448. The van der Waals surface area contributed by atoms with Crippen molar-refractivity contribution in [3.63, 3.8) is 0 Å². The molecule has 1 aromatic carbocycles. The number of ether oxygens (including phenoxy) is 1. The molecule has 0 radical (unpaired) electrons. The summed E-state index contributed by atoms with van der Waals surface area (Å²) in [6, 6.07) is 9.37. The van der Waals surface area contributed by atoms with Gasteiger partial charge in [0.25, 0.3) is 0 Å². The van der Waals surface area contributed by atoms with Crippen LogP contribution in [-0.4, -0.2) is 56.4 Å². The van der Waals surface area contributed by atoms with E-state index >= 15 is 0 Å². The average molecular weight is 417 g/mol. The molecule has 1 aliphatic rings. The first-order valence-corrected chi connectivity index (χ1v) is 10.2. The van der Waals surface area contributed by atoms with Crippen LogP contribution in [0.25, 0.3) is 10.8 Å². The van der Waals surface area contributed by atoms with E-state index in [1.807, 2.05) is 43.5 Å². The first kappa shape index (κ1) is 20.2. The van der Waals surface area contributed by atoms with Gasteiger partial charge in [-0.2, -0.15) is 0 Å². The number of hydrogen-bond acceptors (Lipinski definition) is 8. The van der Waals surface area contributed by atoms with E-state index in [1.165, 1.54) is 0 Å². The molecule has 3 aromatic rings. The molecule has 1 aliphatic heterocycles. The third kappa shape index (κ3) is 4.00. The van der Waals surface area contributed by atoms with E-state index < -0.39 is 37.1 Å². The quantitative estimate of drug-likeness (QED) is 0.500. The molecule has 0 spiro atoms. The smallest absolute Gasteiger partial charge is 0.162 e. The van der Waals surface area contributed by atoms with Crippen molar-refractivity contribution in [3.8, 4) is 10.8 Å². The van der Waals surface area contributed by atoms with Crippen molar-refractivity contribution < 1.29 is 29.6 Å². The molecular formula is C21H23NO6S. The molecule has 3 heterocycles. The topological polar surface area (TPSA) is 116 Å². The van der Waals surface area contributed by atoms with Crippen LogP contribution >= 0.6 is 11.3 Å². The highest BCUT2D eigenvalue weighted by atomic mass is 32.1. The minimum atomic E-state index is -1.40. The lowest BCUT2D eigenvalue weighted by atomic mass is 9.89. The summed E-state index contributed by atoms with van der Waals surface area (Å²) in [5, 5.41) is 40.7. The normalized spacial score (nSPS) is 27.3. The van der Waals surface area contributed by atoms with E-state index in [9.17, 15) is 20.4 Å². The second-order valence-corrected chi connectivity index (χ2v) is 8.34. The Morgan fingerprint density at radius 3 is 2.66 bits per heavy atom. The van der Waals surface area contributed by atoms with Crippen LogP contribution in [0.1, 0.15) is 27.7 Å². The number of thiazole rings is 1. The summed E-state index contributed by atoms with van der Waals surface area (Å²) in [5.41, 5.74) is 2.79. The lowest BCUT2D eigenvalue weighted by Gasteiger charge is -2.40. The highest BCUT2D eigenvalue weighted by Crippen LogP contribution is 2.34. The fourth-order valence-corrected chi connectivity index (χ4v) is 4.43. The molecule has 8 heteroatoms. The zero-order valence-corrected chi connectivity index (χ0v) is 16.6. The van der Waals surface area contributed by atoms with Crippen molar-refractivity contribution in [3.05, 3.63) is 64.4 Å². The van der Waals surface area contributed by atoms with Crippen molar-refractivity contribution in [2.45, 2.75) is 43.9 Å². The summed E-state index contributed by atoms with van der Waals surface area (Å²) >= 11 is 1.55. The Balaban J connectivity index is 1.58. The van der Waals surface area contributed by atoms with Crippen molar-refractivity contribution in [1.82, 2.24) is 4.98 Å². The summed E-state index contributed by atoms with van der Waals surface area (Å²) < 4.78 is 11.1. The standard InChI is InChI=1S/C21H23NO6S/c1-11-4-5-12(20-19(26)18(25)17(24)16(10-23)28-20)7-13(11)8-14-9-22-21(29-14)15-3-2-6-27-15/h2-7,9,16-20,23-26H,8,10H2,1H3/t16-,17-,18+,19-,20+/m1/s1. The van der Waals surface area contributed by atoms with Gasteiger partial charge >= 0.3 is 0 Å². The third-order valence-corrected chi connectivity index (χ3v) is 6.26. The molecule has 0 amide bonds. The molecule has 0 unspecified atom stereocenters. The average Bonchev–Trinajstić information content (AvgIpc) is 3.40. The van der Waals surface area contributed by atoms with Crippen LogP contribution in [0, 0.1) is 6.92 Å². The van der Waals surface area contributed by atoms with Gasteiger partial charge in [0.1, 0.15) is 30.5 Å². The second kappa shape index (κ2) is 8.35. The molecule has 2 aromatic heterocycles. The zero-order chi connectivity index (χ0) is 20.5. The first-order chi connectivity index (χ1) is 14.0. The summed E-state index contributed by atoms with van der Waals surface area (Å²) in [7, 11) is 0. The lowest BCUT2D eigenvalue weighted by Crippen LogP contribution is -2.55. The summed E-state index contributed by atoms with van der Waals surface area (Å²) in [6.45, 7) is 1.55. The number of aryl methyl sites for hydroxylation is 1. The Morgan fingerprint density at radius 2 is 1.93 bits per heavy atom. The molecule has 4 N–H and O–H groups in total. The van der Waals surface area contributed by atoms with Gasteiger partial charge in [0.2, 0.25) is 0 Å². The van der Waals surface area contributed by atoms with E-state index in [-0.39, 0.29) is 0 Å². The van der Waals surface area contributed by atoms with Gasteiger partial charge in [0.05, 0.1) is 12.9 Å². The Kier molecular flexibility index (Phi) is 5.82. The molecule has 5 atom stereocenters. The SMILES string of the molecule is Cc1ccc([C@@H]2O[C@H](CO)[C@@H](O)[C@H](O)[C@H]2O)cc1Cc1cnc(-c2ccco2)s1. The van der Waals surface area contributed by atoms with Gasteiger partial charge in [-0.3, -0.25) is 0 Å². The van der Waals surface area contributed by atoms with E-state index in [0.29, 0.717) is 12.0 Å². The maximum absolute atomic E-state index is 10.4. The molecule has 4 rings (SSSR count). The number of aromatic nitrogens is 1. The maximum atomic E-state index is 10.4. The molecule has 0 aliphatic carbocycles. The van der Waals surface area contributed by atoms with Crippen molar-refractivity contribution >= 4 is 11.3 Å². The number of aliphatic hydroxyl groups is 4. The van der Waals surface area contributed by atoms with Gasteiger partial charge in [-0.25, -0.2) is 4.98 Å². The number of furan rings is 1. The highest BCUT2D eigenvalue weighted by molar-refractivity contribution is 7.15. The van der Waals surface area contributed by atoms with Crippen LogP contribution in [0.5, 0.6) is 0 Å². The van der Waals surface area contributed by atoms with E-state index in [0.717, 1.165) is 26.8 Å². The first-order valence-electron chi connectivity index (χ1n) is 9.36. The fourth-order valence-electron chi connectivity index (χ4n) is 3.53. The maximum Gasteiger partial charge on any atom is 0.162 e. The number of benzene rings is 1. The number of hydrogen-bond donors (Lipinski definition) is 4. The molecule has 1 saturated heterocycles. The van der Waals surface area contributed by atoms with Crippen LogP contribution < -0.4 is 0 Å². The highest BCUT2D eigenvalue weighted by Gasteiger charge is 2.43. The van der Waals surface area contributed by atoms with Crippen LogP contribution in [0.4, 0.5) is 0 Å². The van der Waals surface area contributed by atoms with Gasteiger partial charge in [-0.1, -0.05) is 18.2 Å². The molecule has 154 valence electrons. The van der Waals surface area contributed by atoms with Crippen molar-refractivity contribution in [1.29, 1.82) is 0 Å². The predicted molar refractivity (Wildman–Crippen MR) is 107 cm³/mol. The molecule has 7 nitrogen and oxygen atoms in total. The lowest BCUT2D eigenvalue weighted by molar-refractivity contribution is -0.231. The molecule has 0 saturated carbocycles. The number of aliphatic hydroxyl groups excluding tert-OH is 4. The van der Waals surface area contributed by atoms with Gasteiger partial charge in [0, 0.05) is 17.5 Å². The van der Waals surface area contributed by atoms with Gasteiger partial charge in [0.15, 0.2) is 10.8 Å². The molecular weight excluding hydrogens is 394 g/mol. The van der Waals surface area contributed by atoms with Gasteiger partial charge < -0.3 is 29.6 Å². The van der Waals surface area contributed by atoms with Crippen molar-refractivity contribution in [2.24, 2.45) is 0 Å². The minimum Gasteiger partial charge on any atom is -0.462 e. The summed E-state index contributed by atoms with van der Waals surface area (Å²) in [4.78, 5) is 5.48. The van der Waals surface area contributed by atoms with Crippen LogP contribution in [-0.2, 0) is 11.2 Å². The zero-order valence-electron chi connectivity index (χ0n) is 15.8. The summed E-state index contributed by atoms with van der Waals surface area (Å²) in [6.07, 6.45) is -1.74. The fraction of sp³-hybridized carbons (Fsp3) is 0.381. The van der Waals surface area contributed by atoms with Crippen LogP contribution in [0.15, 0.2) is 47.2 Å². The van der Waals surface area contributed by atoms with Crippen LogP contribution in [0.3, 0.4) is 0 Å². The van der Waals surface area contributed by atoms with Crippen molar-refractivity contribution in [2.75, 3.05) is 6.61 Å². The Bertz CT molecular complexity index is 954.